The van der Waals surface area contributed by atoms with E-state index in [1.165, 1.54) is 18.2 Å². The second-order valence-corrected chi connectivity index (χ2v) is 3.92. The predicted molar refractivity (Wildman–Crippen MR) is 53.3 cm³/mol. The lowest BCUT2D eigenvalue weighted by molar-refractivity contribution is -0.147. The summed E-state index contributed by atoms with van der Waals surface area (Å²) in [5.41, 5.74) is -0.776. The van der Waals surface area contributed by atoms with Gasteiger partial charge in [-0.05, 0) is 11.6 Å². The largest absolute Gasteiger partial charge is 0.481 e. The van der Waals surface area contributed by atoms with Crippen LogP contribution in [-0.4, -0.2) is 17.6 Å². The summed E-state index contributed by atoms with van der Waals surface area (Å²) < 4.78 is 38.2. The first-order valence-corrected chi connectivity index (χ1v) is 5.03. The van der Waals surface area contributed by atoms with E-state index >= 15 is 0 Å². The van der Waals surface area contributed by atoms with Gasteiger partial charge in [0.1, 0.15) is 0 Å². The molecule has 2 atom stereocenters. The van der Waals surface area contributed by atoms with Crippen molar-refractivity contribution in [2.75, 3.05) is 6.54 Å². The van der Waals surface area contributed by atoms with Crippen LogP contribution in [0.1, 0.15) is 17.2 Å². The Bertz CT molecular complexity index is 445. The third-order valence-electron chi connectivity index (χ3n) is 2.88. The maximum absolute atomic E-state index is 12.7. The molecule has 0 aliphatic carbocycles. The molecule has 1 aliphatic rings. The average molecular weight is 245 g/mol. The Labute approximate surface area is 95.3 Å². The van der Waals surface area contributed by atoms with E-state index in [1.54, 1.807) is 0 Å². The third-order valence-corrected chi connectivity index (χ3v) is 2.88. The van der Waals surface area contributed by atoms with Gasteiger partial charge in [0, 0.05) is 12.6 Å². The van der Waals surface area contributed by atoms with Gasteiger partial charge in [0.15, 0.2) is 0 Å². The number of benzene rings is 1. The predicted octanol–water partition coefficient (Wildman–Crippen LogP) is 2.05. The first-order chi connectivity index (χ1) is 7.91. The SMILES string of the molecule is O=C(O)C1CNC1c1ccccc1C(F)(F)F. The third kappa shape index (κ3) is 2.12. The van der Waals surface area contributed by atoms with Crippen LogP contribution in [0, 0.1) is 5.92 Å². The second kappa shape index (κ2) is 4.03. The summed E-state index contributed by atoms with van der Waals surface area (Å²) in [7, 11) is 0. The summed E-state index contributed by atoms with van der Waals surface area (Å²) >= 11 is 0. The molecule has 1 aliphatic heterocycles. The summed E-state index contributed by atoms with van der Waals surface area (Å²) in [5.74, 6) is -1.87. The Morgan fingerprint density at radius 3 is 2.47 bits per heavy atom. The van der Waals surface area contributed by atoms with Gasteiger partial charge in [-0.15, -0.1) is 0 Å². The van der Waals surface area contributed by atoms with Crippen molar-refractivity contribution in [1.82, 2.24) is 5.32 Å². The number of halogens is 3. The number of rotatable bonds is 2. The molecule has 1 aromatic carbocycles. The van der Waals surface area contributed by atoms with E-state index in [2.05, 4.69) is 5.32 Å². The first-order valence-electron chi connectivity index (χ1n) is 5.03. The van der Waals surface area contributed by atoms with Crippen LogP contribution >= 0.6 is 0 Å². The number of hydrogen-bond donors (Lipinski definition) is 2. The van der Waals surface area contributed by atoms with Crippen molar-refractivity contribution in [1.29, 1.82) is 0 Å². The molecule has 92 valence electrons. The molecule has 0 aromatic heterocycles. The number of nitrogens with one attached hydrogen (secondary N) is 1. The van der Waals surface area contributed by atoms with Crippen molar-refractivity contribution in [2.24, 2.45) is 5.92 Å². The molecule has 1 aromatic rings. The van der Waals surface area contributed by atoms with Gasteiger partial charge >= 0.3 is 12.1 Å². The number of carbonyl (C=O) groups is 1. The zero-order valence-electron chi connectivity index (χ0n) is 8.66. The van der Waals surface area contributed by atoms with Crippen LogP contribution in [0.4, 0.5) is 13.2 Å². The minimum Gasteiger partial charge on any atom is -0.481 e. The normalized spacial score (nSPS) is 24.2. The molecule has 0 bridgehead atoms. The Balaban J connectivity index is 2.36. The van der Waals surface area contributed by atoms with Crippen LogP contribution in [0.5, 0.6) is 0 Å². The summed E-state index contributed by atoms with van der Waals surface area (Å²) in [4.78, 5) is 10.8. The molecular weight excluding hydrogens is 235 g/mol. The molecule has 17 heavy (non-hydrogen) atoms. The molecule has 2 unspecified atom stereocenters. The van der Waals surface area contributed by atoms with Gasteiger partial charge < -0.3 is 10.4 Å². The molecule has 6 heteroatoms. The molecule has 3 nitrogen and oxygen atoms in total. The Morgan fingerprint density at radius 2 is 2.00 bits per heavy atom. The second-order valence-electron chi connectivity index (χ2n) is 3.92. The fourth-order valence-corrected chi connectivity index (χ4v) is 1.94. The van der Waals surface area contributed by atoms with Crippen molar-refractivity contribution in [3.63, 3.8) is 0 Å². The number of hydrogen-bond acceptors (Lipinski definition) is 2. The maximum atomic E-state index is 12.7. The average Bonchev–Trinajstić information content (AvgIpc) is 2.14. The lowest BCUT2D eigenvalue weighted by Crippen LogP contribution is -2.50. The molecule has 0 amide bonds. The Morgan fingerprint density at radius 1 is 1.35 bits per heavy atom. The first kappa shape index (κ1) is 11.9. The number of alkyl halides is 3. The van der Waals surface area contributed by atoms with Gasteiger partial charge in [-0.2, -0.15) is 13.2 Å². The van der Waals surface area contributed by atoms with Gasteiger partial charge in [-0.25, -0.2) is 0 Å². The highest BCUT2D eigenvalue weighted by Gasteiger charge is 2.42. The van der Waals surface area contributed by atoms with Gasteiger partial charge in [0.2, 0.25) is 0 Å². The number of aliphatic carboxylic acids is 1. The van der Waals surface area contributed by atoms with Crippen LogP contribution in [0.3, 0.4) is 0 Å². The fourth-order valence-electron chi connectivity index (χ4n) is 1.94. The Kier molecular flexibility index (Phi) is 2.82. The van der Waals surface area contributed by atoms with Crippen molar-refractivity contribution >= 4 is 5.97 Å². The van der Waals surface area contributed by atoms with E-state index in [9.17, 15) is 18.0 Å². The van der Waals surface area contributed by atoms with Crippen LogP contribution < -0.4 is 5.32 Å². The molecule has 1 saturated heterocycles. The monoisotopic (exact) mass is 245 g/mol. The molecular formula is C11H10F3NO2. The minimum absolute atomic E-state index is 0.00125. The van der Waals surface area contributed by atoms with Gasteiger partial charge in [0.25, 0.3) is 0 Å². The topological polar surface area (TPSA) is 49.3 Å². The van der Waals surface area contributed by atoms with E-state index < -0.39 is 29.7 Å². The number of carboxylic acid groups (broad SMARTS) is 1. The molecule has 2 N–H and O–H groups in total. The molecule has 1 fully saturated rings. The van der Waals surface area contributed by atoms with Crippen LogP contribution in [0.25, 0.3) is 0 Å². The number of carboxylic acids is 1. The fraction of sp³-hybridized carbons (Fsp3) is 0.364. The van der Waals surface area contributed by atoms with E-state index in [-0.39, 0.29) is 12.1 Å². The smallest absolute Gasteiger partial charge is 0.416 e. The summed E-state index contributed by atoms with van der Waals surface area (Å²) in [5, 5.41) is 11.6. The summed E-state index contributed by atoms with van der Waals surface area (Å²) in [6, 6.07) is 4.29. The van der Waals surface area contributed by atoms with Crippen molar-refractivity contribution in [2.45, 2.75) is 12.2 Å². The van der Waals surface area contributed by atoms with E-state index in [0.717, 1.165) is 6.07 Å². The lowest BCUT2D eigenvalue weighted by Gasteiger charge is -2.36. The molecule has 1 heterocycles. The standard InChI is InChI=1S/C11H10F3NO2/c12-11(13,14)8-4-2-1-3-6(8)9-7(5-15-9)10(16)17/h1-4,7,9,15H,5H2,(H,16,17). The van der Waals surface area contributed by atoms with Crippen LogP contribution in [0.15, 0.2) is 24.3 Å². The highest BCUT2D eigenvalue weighted by molar-refractivity contribution is 5.73. The van der Waals surface area contributed by atoms with E-state index in [1.807, 2.05) is 0 Å². The van der Waals surface area contributed by atoms with Gasteiger partial charge in [0.05, 0.1) is 11.5 Å². The summed E-state index contributed by atoms with van der Waals surface area (Å²) in [6.07, 6.45) is -4.46. The van der Waals surface area contributed by atoms with Crippen molar-refractivity contribution in [3.8, 4) is 0 Å². The molecule has 0 radical (unpaired) electrons. The molecule has 0 spiro atoms. The zero-order valence-corrected chi connectivity index (χ0v) is 8.66. The summed E-state index contributed by atoms with van der Waals surface area (Å²) in [6.45, 7) is 0.201. The van der Waals surface area contributed by atoms with Gasteiger partial charge in [-0.1, -0.05) is 18.2 Å². The molecule has 0 saturated carbocycles. The quantitative estimate of drug-likeness (QED) is 0.838. The van der Waals surface area contributed by atoms with Crippen LogP contribution in [-0.2, 0) is 11.0 Å². The Hall–Kier alpha value is -1.56. The van der Waals surface area contributed by atoms with E-state index in [0.29, 0.717) is 0 Å². The van der Waals surface area contributed by atoms with Crippen molar-refractivity contribution < 1.29 is 23.1 Å². The minimum atomic E-state index is -4.46. The highest BCUT2D eigenvalue weighted by Crippen LogP contribution is 2.39. The van der Waals surface area contributed by atoms with Crippen molar-refractivity contribution in [3.05, 3.63) is 35.4 Å². The van der Waals surface area contributed by atoms with Gasteiger partial charge in [-0.3, -0.25) is 4.79 Å². The molecule has 2 rings (SSSR count). The zero-order chi connectivity index (χ0) is 12.6. The van der Waals surface area contributed by atoms with E-state index in [4.69, 9.17) is 5.11 Å². The highest BCUT2D eigenvalue weighted by atomic mass is 19.4. The lowest BCUT2D eigenvalue weighted by atomic mass is 9.84. The maximum Gasteiger partial charge on any atom is 0.416 e. The van der Waals surface area contributed by atoms with Crippen LogP contribution in [0.2, 0.25) is 0 Å².